The number of allylic oxidation sites excluding steroid dienone is 2. The van der Waals surface area contributed by atoms with Crippen LogP contribution in [-0.2, 0) is 19.1 Å². The van der Waals surface area contributed by atoms with Gasteiger partial charge in [0.15, 0.2) is 0 Å². The van der Waals surface area contributed by atoms with E-state index in [0.717, 1.165) is 19.4 Å². The highest BCUT2D eigenvalue weighted by Crippen LogP contribution is 2.13. The topological polar surface area (TPSA) is 76.1 Å². The minimum absolute atomic E-state index is 0.0138. The van der Waals surface area contributed by atoms with E-state index in [0.29, 0.717) is 44.9 Å². The van der Waals surface area contributed by atoms with Crippen molar-refractivity contribution in [1.82, 2.24) is 9.80 Å². The summed E-state index contributed by atoms with van der Waals surface area (Å²) in [6.07, 6.45) is 29.8. The maximum absolute atomic E-state index is 12.9. The molecule has 0 bridgehead atoms. The van der Waals surface area contributed by atoms with E-state index in [9.17, 15) is 14.4 Å². The standard InChI is InChI=1S/C37H68N2O5S/c1-5-7-9-11-13-15-16-18-20-22-24-33-44-36(41)28-26-30-39(37(42)45-34-31-38(3)4)29-25-27-35(40)43-32-23-21-19-17-14-12-10-8-6-2/h21-24H,5-20,25-34H2,1-4H3/b23-21+,24-22+. The van der Waals surface area contributed by atoms with Crippen LogP contribution in [0.3, 0.4) is 0 Å². The predicted molar refractivity (Wildman–Crippen MR) is 192 cm³/mol. The molecule has 8 heteroatoms. The average Bonchev–Trinajstić information content (AvgIpc) is 3.01. The van der Waals surface area contributed by atoms with Gasteiger partial charge in [0.25, 0.3) is 5.24 Å². The third-order valence-electron chi connectivity index (χ3n) is 7.60. The second-order valence-electron chi connectivity index (χ2n) is 12.2. The van der Waals surface area contributed by atoms with E-state index in [-0.39, 0.29) is 30.0 Å². The minimum Gasteiger partial charge on any atom is -0.461 e. The summed E-state index contributed by atoms with van der Waals surface area (Å²) in [7, 11) is 3.96. The lowest BCUT2D eigenvalue weighted by Crippen LogP contribution is -2.31. The first-order chi connectivity index (χ1) is 21.9. The Balaban J connectivity index is 4.22. The first-order valence-corrected chi connectivity index (χ1v) is 19.1. The molecule has 0 spiro atoms. The van der Waals surface area contributed by atoms with Gasteiger partial charge in [0, 0.05) is 38.2 Å². The van der Waals surface area contributed by atoms with Crippen molar-refractivity contribution in [3.8, 4) is 0 Å². The van der Waals surface area contributed by atoms with Gasteiger partial charge in [0.1, 0.15) is 13.2 Å². The van der Waals surface area contributed by atoms with Gasteiger partial charge in [0.2, 0.25) is 0 Å². The van der Waals surface area contributed by atoms with Crippen LogP contribution in [0.1, 0.15) is 142 Å². The Hall–Kier alpha value is -1.80. The van der Waals surface area contributed by atoms with Crippen LogP contribution in [0.2, 0.25) is 0 Å². The predicted octanol–water partition coefficient (Wildman–Crippen LogP) is 9.74. The summed E-state index contributed by atoms with van der Waals surface area (Å²) in [5, 5.41) is -0.0138. The van der Waals surface area contributed by atoms with Crippen molar-refractivity contribution >= 4 is 28.9 Å². The summed E-state index contributed by atoms with van der Waals surface area (Å²) in [5.74, 6) is 0.210. The highest BCUT2D eigenvalue weighted by atomic mass is 32.2. The van der Waals surface area contributed by atoms with Crippen molar-refractivity contribution in [3.63, 3.8) is 0 Å². The largest absolute Gasteiger partial charge is 0.461 e. The molecule has 0 fully saturated rings. The van der Waals surface area contributed by atoms with Crippen LogP contribution in [0.5, 0.6) is 0 Å². The third-order valence-corrected chi connectivity index (χ3v) is 8.50. The number of carbonyl (C=O) groups excluding carboxylic acids is 3. The molecule has 7 nitrogen and oxygen atoms in total. The normalized spacial score (nSPS) is 11.6. The maximum atomic E-state index is 12.9. The number of hydrogen-bond acceptors (Lipinski definition) is 7. The summed E-state index contributed by atoms with van der Waals surface area (Å²) in [5.41, 5.74) is 0. The number of ether oxygens (including phenoxy) is 2. The molecule has 262 valence electrons. The molecule has 0 atom stereocenters. The van der Waals surface area contributed by atoms with Crippen molar-refractivity contribution in [1.29, 1.82) is 0 Å². The maximum Gasteiger partial charge on any atom is 0.306 e. The Morgan fingerprint density at radius 1 is 0.556 bits per heavy atom. The zero-order chi connectivity index (χ0) is 33.2. The Morgan fingerprint density at radius 2 is 0.978 bits per heavy atom. The van der Waals surface area contributed by atoms with Gasteiger partial charge in [-0.1, -0.05) is 127 Å². The van der Waals surface area contributed by atoms with Gasteiger partial charge in [0.05, 0.1) is 0 Å². The van der Waals surface area contributed by atoms with E-state index >= 15 is 0 Å². The quantitative estimate of drug-likeness (QED) is 0.0419. The molecule has 0 aliphatic heterocycles. The van der Waals surface area contributed by atoms with E-state index in [1.165, 1.54) is 102 Å². The van der Waals surface area contributed by atoms with Crippen LogP contribution < -0.4 is 0 Å². The fraction of sp³-hybridized carbons (Fsp3) is 0.811. The number of esters is 2. The molecular formula is C37H68N2O5S. The molecule has 0 rings (SSSR count). The van der Waals surface area contributed by atoms with Gasteiger partial charge in [-0.25, -0.2) is 0 Å². The lowest BCUT2D eigenvalue weighted by Gasteiger charge is -2.22. The summed E-state index contributed by atoms with van der Waals surface area (Å²) >= 11 is 1.28. The summed E-state index contributed by atoms with van der Waals surface area (Å²) in [6, 6.07) is 0. The number of rotatable bonds is 31. The first-order valence-electron chi connectivity index (χ1n) is 18.1. The van der Waals surface area contributed by atoms with Crippen LogP contribution in [0.25, 0.3) is 0 Å². The second-order valence-corrected chi connectivity index (χ2v) is 13.3. The van der Waals surface area contributed by atoms with Crippen molar-refractivity contribution in [3.05, 3.63) is 24.3 Å². The molecule has 0 aromatic heterocycles. The van der Waals surface area contributed by atoms with Crippen molar-refractivity contribution < 1.29 is 23.9 Å². The van der Waals surface area contributed by atoms with Crippen LogP contribution in [-0.4, -0.2) is 79.7 Å². The van der Waals surface area contributed by atoms with Crippen molar-refractivity contribution in [2.75, 3.05) is 52.7 Å². The number of amides is 1. The van der Waals surface area contributed by atoms with E-state index < -0.39 is 0 Å². The van der Waals surface area contributed by atoms with Crippen LogP contribution in [0.4, 0.5) is 4.79 Å². The molecule has 0 aromatic carbocycles. The molecule has 0 N–H and O–H groups in total. The van der Waals surface area contributed by atoms with Crippen LogP contribution in [0.15, 0.2) is 24.3 Å². The Bertz CT molecular complexity index is 772. The van der Waals surface area contributed by atoms with Gasteiger partial charge in [-0.15, -0.1) is 0 Å². The fourth-order valence-electron chi connectivity index (χ4n) is 4.77. The second kappa shape index (κ2) is 33.6. The Labute approximate surface area is 281 Å². The molecule has 45 heavy (non-hydrogen) atoms. The Morgan fingerprint density at radius 3 is 1.40 bits per heavy atom. The smallest absolute Gasteiger partial charge is 0.306 e. The SMILES string of the molecule is CCCCCCCC/C=C/COC(=O)CCCN(CCCC(=O)OC/C=C/CCCCCCCCCC)C(=O)SCCN(C)C. The molecule has 0 saturated heterocycles. The highest BCUT2D eigenvalue weighted by molar-refractivity contribution is 8.13. The molecule has 0 heterocycles. The van der Waals surface area contributed by atoms with E-state index in [4.69, 9.17) is 9.47 Å². The fourth-order valence-corrected chi connectivity index (χ4v) is 5.76. The number of unbranched alkanes of at least 4 members (excludes halogenated alkanes) is 14. The van der Waals surface area contributed by atoms with E-state index in [1.807, 2.05) is 31.1 Å². The minimum atomic E-state index is -0.245. The molecule has 0 unspecified atom stereocenters. The zero-order valence-corrected chi connectivity index (χ0v) is 30.4. The Kier molecular flexibility index (Phi) is 32.2. The number of thioether (sulfide) groups is 1. The first kappa shape index (κ1) is 43.2. The molecule has 1 amide bonds. The molecule has 0 aromatic rings. The molecular weight excluding hydrogens is 584 g/mol. The van der Waals surface area contributed by atoms with Gasteiger partial charge < -0.3 is 19.3 Å². The van der Waals surface area contributed by atoms with Crippen LogP contribution >= 0.6 is 11.8 Å². The number of carbonyl (C=O) groups is 3. The zero-order valence-electron chi connectivity index (χ0n) is 29.5. The van der Waals surface area contributed by atoms with Gasteiger partial charge in [-0.05, 0) is 52.6 Å². The summed E-state index contributed by atoms with van der Waals surface area (Å²) in [4.78, 5) is 41.1. The monoisotopic (exact) mass is 652 g/mol. The lowest BCUT2D eigenvalue weighted by molar-refractivity contribution is -0.143. The van der Waals surface area contributed by atoms with E-state index in [2.05, 4.69) is 26.0 Å². The van der Waals surface area contributed by atoms with E-state index in [1.54, 1.807) is 4.90 Å². The molecule has 0 aliphatic carbocycles. The van der Waals surface area contributed by atoms with Gasteiger partial charge >= 0.3 is 11.9 Å². The molecule has 0 radical (unpaired) electrons. The van der Waals surface area contributed by atoms with Crippen molar-refractivity contribution in [2.45, 2.75) is 142 Å². The van der Waals surface area contributed by atoms with Crippen LogP contribution in [0, 0.1) is 0 Å². The van der Waals surface area contributed by atoms with Gasteiger partial charge in [-0.2, -0.15) is 0 Å². The van der Waals surface area contributed by atoms with Crippen molar-refractivity contribution in [2.24, 2.45) is 0 Å². The summed E-state index contributed by atoms with van der Waals surface area (Å²) in [6.45, 7) is 6.81. The molecule has 0 saturated carbocycles. The van der Waals surface area contributed by atoms with Gasteiger partial charge in [-0.3, -0.25) is 14.4 Å². The number of hydrogen-bond donors (Lipinski definition) is 0. The lowest BCUT2D eigenvalue weighted by atomic mass is 10.1. The third kappa shape index (κ3) is 32.0. The summed E-state index contributed by atoms with van der Waals surface area (Å²) < 4.78 is 10.7. The number of nitrogens with zero attached hydrogens (tertiary/aromatic N) is 2. The highest BCUT2D eigenvalue weighted by Gasteiger charge is 2.16. The average molecular weight is 653 g/mol. The molecule has 0 aliphatic rings.